The van der Waals surface area contributed by atoms with Crippen molar-refractivity contribution in [1.82, 2.24) is 9.78 Å². The van der Waals surface area contributed by atoms with Crippen LogP contribution in [0, 0.1) is 12.3 Å². The van der Waals surface area contributed by atoms with E-state index in [1.807, 2.05) is 6.92 Å². The van der Waals surface area contributed by atoms with Gasteiger partial charge in [-0.15, -0.1) is 0 Å². The number of rotatable bonds is 1. The van der Waals surface area contributed by atoms with Crippen LogP contribution in [0.15, 0.2) is 0 Å². The molecule has 4 nitrogen and oxygen atoms in total. The normalized spacial score (nSPS) is 19.1. The lowest BCUT2D eigenvalue weighted by Gasteiger charge is -2.27. The van der Waals surface area contributed by atoms with Gasteiger partial charge in [0.25, 0.3) is 0 Å². The topological polar surface area (TPSA) is 55.1 Å². The molecule has 0 saturated carbocycles. The first-order valence-corrected chi connectivity index (χ1v) is 5.15. The van der Waals surface area contributed by atoms with Crippen LogP contribution >= 0.6 is 0 Å². The van der Waals surface area contributed by atoms with Crippen molar-refractivity contribution >= 4 is 5.78 Å². The molecule has 0 fully saturated rings. The number of hydrogen-bond acceptors (Lipinski definition) is 3. The molecule has 2 rings (SSSR count). The van der Waals surface area contributed by atoms with Gasteiger partial charge < -0.3 is 5.11 Å². The molecule has 0 amide bonds. The van der Waals surface area contributed by atoms with Crippen LogP contribution in [0.1, 0.15) is 42.0 Å². The van der Waals surface area contributed by atoms with Crippen molar-refractivity contribution < 1.29 is 9.90 Å². The van der Waals surface area contributed by atoms with Crippen molar-refractivity contribution in [3.05, 3.63) is 17.0 Å². The third-order valence-electron chi connectivity index (χ3n) is 2.98. The predicted octanol–water partition coefficient (Wildman–Crippen LogP) is 1.30. The van der Waals surface area contributed by atoms with Crippen molar-refractivity contribution in [3.8, 4) is 0 Å². The van der Waals surface area contributed by atoms with Crippen molar-refractivity contribution in [3.63, 3.8) is 0 Å². The van der Waals surface area contributed by atoms with Gasteiger partial charge in [-0.3, -0.25) is 4.79 Å². The number of Topliss-reactive ketones (excluding diaryl/α,β-unsaturated/α-hetero) is 1. The number of aromatic nitrogens is 2. The first-order valence-electron chi connectivity index (χ1n) is 5.15. The third kappa shape index (κ3) is 1.59. The fourth-order valence-corrected chi connectivity index (χ4v) is 2.27. The maximum Gasteiger partial charge on any atom is 0.167 e. The largest absolute Gasteiger partial charge is 0.374 e. The molecule has 1 aliphatic rings. The highest BCUT2D eigenvalue weighted by atomic mass is 16.3. The molecule has 1 aliphatic carbocycles. The zero-order chi connectivity index (χ0) is 11.2. The molecule has 0 aromatic carbocycles. The van der Waals surface area contributed by atoms with Crippen LogP contribution in [-0.4, -0.2) is 20.7 Å². The summed E-state index contributed by atoms with van der Waals surface area (Å²) in [4.78, 5) is 11.9. The Bertz CT molecular complexity index is 418. The summed E-state index contributed by atoms with van der Waals surface area (Å²) in [5.74, 6) is 0.151. The number of carbonyl (C=O) groups excluding carboxylic acids is 1. The summed E-state index contributed by atoms with van der Waals surface area (Å²) in [5, 5.41) is 13.3. The second-order valence-electron chi connectivity index (χ2n) is 4.99. The fourth-order valence-electron chi connectivity index (χ4n) is 2.27. The Morgan fingerprint density at radius 2 is 2.13 bits per heavy atom. The second kappa shape index (κ2) is 3.17. The molecule has 82 valence electrons. The van der Waals surface area contributed by atoms with Crippen LogP contribution in [0.5, 0.6) is 0 Å². The van der Waals surface area contributed by atoms with Crippen LogP contribution in [0.25, 0.3) is 0 Å². The highest BCUT2D eigenvalue weighted by Crippen LogP contribution is 2.35. The second-order valence-corrected chi connectivity index (χ2v) is 4.99. The Hall–Kier alpha value is -1.16. The molecule has 15 heavy (non-hydrogen) atoms. The molecule has 0 spiro atoms. The zero-order valence-electron chi connectivity index (χ0n) is 9.37. The van der Waals surface area contributed by atoms with E-state index < -0.39 is 0 Å². The molecule has 1 N–H and O–H groups in total. The SMILES string of the molecule is Cc1c2c(nn1CO)CC(C)(C)CC2=O. The molecule has 1 aromatic rings. The number of ketones is 1. The van der Waals surface area contributed by atoms with Crippen LogP contribution in [0.4, 0.5) is 0 Å². The quantitative estimate of drug-likeness (QED) is 0.756. The number of aliphatic hydroxyl groups excluding tert-OH is 1. The first kappa shape index (κ1) is 10.4. The van der Waals surface area contributed by atoms with E-state index in [4.69, 9.17) is 5.11 Å². The standard InChI is InChI=1S/C11H16N2O2/c1-7-10-8(12-13(7)6-14)4-11(2,3)5-9(10)15/h14H,4-6H2,1-3H3. The summed E-state index contributed by atoms with van der Waals surface area (Å²) in [7, 11) is 0. The van der Waals surface area contributed by atoms with E-state index in [1.54, 1.807) is 0 Å². The lowest BCUT2D eigenvalue weighted by Crippen LogP contribution is -2.26. The summed E-state index contributed by atoms with van der Waals surface area (Å²) in [6.07, 6.45) is 1.37. The summed E-state index contributed by atoms with van der Waals surface area (Å²) in [6, 6.07) is 0. The average molecular weight is 208 g/mol. The van der Waals surface area contributed by atoms with E-state index in [0.717, 1.165) is 23.4 Å². The number of hydrogen-bond donors (Lipinski definition) is 1. The predicted molar refractivity (Wildman–Crippen MR) is 55.6 cm³/mol. The summed E-state index contributed by atoms with van der Waals surface area (Å²) < 4.78 is 1.49. The third-order valence-corrected chi connectivity index (χ3v) is 2.98. The van der Waals surface area contributed by atoms with Gasteiger partial charge in [0.1, 0.15) is 6.73 Å². The molecule has 1 aromatic heterocycles. The van der Waals surface area contributed by atoms with E-state index >= 15 is 0 Å². The molecular weight excluding hydrogens is 192 g/mol. The first-order chi connectivity index (χ1) is 6.94. The molecule has 1 heterocycles. The monoisotopic (exact) mass is 208 g/mol. The van der Waals surface area contributed by atoms with Gasteiger partial charge in [-0.25, -0.2) is 4.68 Å². The molecule has 4 heteroatoms. The van der Waals surface area contributed by atoms with E-state index in [9.17, 15) is 4.79 Å². The van der Waals surface area contributed by atoms with E-state index in [-0.39, 0.29) is 17.9 Å². The fraction of sp³-hybridized carbons (Fsp3) is 0.636. The van der Waals surface area contributed by atoms with E-state index in [1.165, 1.54) is 4.68 Å². The van der Waals surface area contributed by atoms with E-state index in [0.29, 0.717) is 6.42 Å². The van der Waals surface area contributed by atoms with Gasteiger partial charge in [-0.2, -0.15) is 5.10 Å². The van der Waals surface area contributed by atoms with Crippen molar-refractivity contribution in [2.45, 2.75) is 40.3 Å². The van der Waals surface area contributed by atoms with Crippen molar-refractivity contribution in [1.29, 1.82) is 0 Å². The Kier molecular flexibility index (Phi) is 2.19. The minimum absolute atomic E-state index is 0.00877. The van der Waals surface area contributed by atoms with Crippen molar-refractivity contribution in [2.24, 2.45) is 5.41 Å². The number of nitrogens with zero attached hydrogens (tertiary/aromatic N) is 2. The van der Waals surface area contributed by atoms with Gasteiger partial charge in [-0.05, 0) is 18.8 Å². The van der Waals surface area contributed by atoms with Crippen LogP contribution in [-0.2, 0) is 13.2 Å². The van der Waals surface area contributed by atoms with Crippen LogP contribution < -0.4 is 0 Å². The molecule has 0 atom stereocenters. The average Bonchev–Trinajstić information content (AvgIpc) is 2.40. The number of fused-ring (bicyclic) bond motifs is 1. The van der Waals surface area contributed by atoms with Crippen LogP contribution in [0.2, 0.25) is 0 Å². The lowest BCUT2D eigenvalue weighted by molar-refractivity contribution is 0.0911. The molecule has 0 aliphatic heterocycles. The van der Waals surface area contributed by atoms with Gasteiger partial charge in [0.05, 0.1) is 11.3 Å². The molecular formula is C11H16N2O2. The zero-order valence-corrected chi connectivity index (χ0v) is 9.37. The maximum absolute atomic E-state index is 11.9. The maximum atomic E-state index is 11.9. The Morgan fingerprint density at radius 3 is 2.73 bits per heavy atom. The van der Waals surface area contributed by atoms with Gasteiger partial charge in [0.2, 0.25) is 0 Å². The summed E-state index contributed by atoms with van der Waals surface area (Å²) in [5.41, 5.74) is 2.34. The molecule has 0 radical (unpaired) electrons. The Labute approximate surface area is 88.9 Å². The Morgan fingerprint density at radius 1 is 1.47 bits per heavy atom. The molecule has 0 unspecified atom stereocenters. The summed E-state index contributed by atoms with van der Waals surface area (Å²) in [6.45, 7) is 5.81. The van der Waals surface area contributed by atoms with Gasteiger partial charge in [-0.1, -0.05) is 13.8 Å². The van der Waals surface area contributed by atoms with Gasteiger partial charge in [0.15, 0.2) is 5.78 Å². The minimum atomic E-state index is -0.160. The van der Waals surface area contributed by atoms with Crippen LogP contribution in [0.3, 0.4) is 0 Å². The Balaban J connectivity index is 2.53. The van der Waals surface area contributed by atoms with E-state index in [2.05, 4.69) is 18.9 Å². The lowest BCUT2D eigenvalue weighted by atomic mass is 9.76. The van der Waals surface area contributed by atoms with Crippen molar-refractivity contribution in [2.75, 3.05) is 0 Å². The molecule has 0 bridgehead atoms. The highest BCUT2D eigenvalue weighted by molar-refractivity contribution is 5.99. The van der Waals surface area contributed by atoms with Gasteiger partial charge >= 0.3 is 0 Å². The number of carbonyl (C=O) groups is 1. The highest BCUT2D eigenvalue weighted by Gasteiger charge is 2.34. The van der Waals surface area contributed by atoms with Gasteiger partial charge in [0, 0.05) is 12.1 Å². The smallest absolute Gasteiger partial charge is 0.167 e. The minimum Gasteiger partial charge on any atom is -0.374 e. The molecule has 0 saturated heterocycles. The number of aliphatic hydroxyl groups is 1. The summed E-state index contributed by atoms with van der Waals surface area (Å²) >= 11 is 0.